The molecule has 4 amide bonds. The summed E-state index contributed by atoms with van der Waals surface area (Å²) in [7, 11) is 0. The molecule has 3 fully saturated rings. The smallest absolute Gasteiger partial charge is 0.258 e. The van der Waals surface area contributed by atoms with Crippen LogP contribution in [0.25, 0.3) is 0 Å². The Balaban J connectivity index is 1.37. The fourth-order valence-electron chi connectivity index (χ4n) is 7.86. The zero-order valence-electron chi connectivity index (χ0n) is 25.2. The van der Waals surface area contributed by atoms with Gasteiger partial charge in [0.1, 0.15) is 17.2 Å². The first-order valence-electron chi connectivity index (χ1n) is 15.1. The number of phenols is 2. The molecule has 0 unspecified atom stereocenters. The Bertz CT molecular complexity index is 2050. The minimum absolute atomic E-state index is 0.00979. The number of carbonyl (C=O) groups is 4. The molecule has 16 heteroatoms. The zero-order valence-corrected chi connectivity index (χ0v) is 27.5. The number of carbonyl (C=O) groups excluding carboxylic acids is 4. The number of allylic oxidation sites excluding steroid dienone is 2. The lowest BCUT2D eigenvalue weighted by molar-refractivity contribution is -0.140. The van der Waals surface area contributed by atoms with Crippen molar-refractivity contribution in [2.24, 2.45) is 17.8 Å². The number of nitrogens with zero attached hydrogens (tertiary/aromatic N) is 2. The first-order chi connectivity index (χ1) is 23.5. The van der Waals surface area contributed by atoms with Crippen LogP contribution in [0.15, 0.2) is 54.1 Å². The summed E-state index contributed by atoms with van der Waals surface area (Å²) in [5.74, 6) is -22.3. The van der Waals surface area contributed by atoms with Crippen LogP contribution in [0.2, 0.25) is 5.02 Å². The summed E-state index contributed by atoms with van der Waals surface area (Å²) in [6.07, 6.45) is 1.02. The third kappa shape index (κ3) is 4.55. The fraction of sp³-hybridized carbons (Fsp3) is 0.294. The quantitative estimate of drug-likeness (QED) is 0.0795. The number of hydrogen-bond acceptors (Lipinski definition) is 6. The molecule has 0 bridgehead atoms. The second-order valence-corrected chi connectivity index (χ2v) is 14.3. The van der Waals surface area contributed by atoms with Crippen molar-refractivity contribution in [1.29, 1.82) is 0 Å². The molecule has 7 rings (SSSR count). The largest absolute Gasteiger partial charge is 0.508 e. The summed E-state index contributed by atoms with van der Waals surface area (Å²) in [5.41, 5.74) is -1.20. The highest BCUT2D eigenvalue weighted by molar-refractivity contribution is 6.58. The normalized spacial score (nSPS) is 28.9. The van der Waals surface area contributed by atoms with Crippen LogP contribution < -0.4 is 4.90 Å². The van der Waals surface area contributed by atoms with Crippen molar-refractivity contribution in [2.45, 2.75) is 34.9 Å². The van der Waals surface area contributed by atoms with Gasteiger partial charge in [0.15, 0.2) is 33.0 Å². The molecule has 0 aromatic heterocycles. The van der Waals surface area contributed by atoms with Crippen molar-refractivity contribution < 1.29 is 51.3 Å². The summed E-state index contributed by atoms with van der Waals surface area (Å²) in [6.45, 7) is -0.0487. The van der Waals surface area contributed by atoms with Gasteiger partial charge in [-0.1, -0.05) is 35.4 Å². The van der Waals surface area contributed by atoms with Gasteiger partial charge in [-0.2, -0.15) is 0 Å². The van der Waals surface area contributed by atoms with E-state index in [4.69, 9.17) is 34.8 Å². The van der Waals surface area contributed by atoms with Gasteiger partial charge in [-0.05, 0) is 61.1 Å². The lowest BCUT2D eigenvalue weighted by Crippen LogP contribution is -2.60. The molecule has 50 heavy (non-hydrogen) atoms. The maximum absolute atomic E-state index is 15.2. The molecule has 4 aliphatic rings. The zero-order chi connectivity index (χ0) is 36.2. The number of anilines is 1. The number of aromatic hydroxyl groups is 2. The maximum atomic E-state index is 15.2. The van der Waals surface area contributed by atoms with Crippen molar-refractivity contribution in [2.75, 3.05) is 11.4 Å². The molecule has 2 aliphatic carbocycles. The third-order valence-corrected chi connectivity index (χ3v) is 11.8. The highest BCUT2D eigenvalue weighted by atomic mass is 35.5. The molecule has 1 saturated carbocycles. The average molecular weight is 756 g/mol. The summed E-state index contributed by atoms with van der Waals surface area (Å²) in [6, 6.07) is 9.75. The highest BCUT2D eigenvalue weighted by Gasteiger charge is 2.77. The van der Waals surface area contributed by atoms with E-state index in [1.807, 2.05) is 0 Å². The second kappa shape index (κ2) is 11.7. The van der Waals surface area contributed by atoms with Crippen molar-refractivity contribution in [3.63, 3.8) is 0 Å². The number of fused-ring (bicyclic) bond motifs is 4. The van der Waals surface area contributed by atoms with Gasteiger partial charge in [0.25, 0.3) is 11.8 Å². The van der Waals surface area contributed by atoms with Gasteiger partial charge in [-0.25, -0.2) is 26.9 Å². The van der Waals surface area contributed by atoms with Crippen LogP contribution in [-0.4, -0.2) is 55.0 Å². The molecular formula is C34H22Cl3F5N2O6. The van der Waals surface area contributed by atoms with Crippen LogP contribution >= 0.6 is 34.8 Å². The molecular weight excluding hydrogens is 734 g/mol. The number of hydrogen-bond donors (Lipinski definition) is 2. The number of imide groups is 2. The Morgan fingerprint density at radius 1 is 0.800 bits per heavy atom. The number of likely N-dealkylation sites (tertiary alicyclic amines) is 1. The number of benzene rings is 3. The summed E-state index contributed by atoms with van der Waals surface area (Å²) >= 11 is 20.4. The van der Waals surface area contributed by atoms with E-state index in [2.05, 4.69) is 0 Å². The van der Waals surface area contributed by atoms with Crippen molar-refractivity contribution in [3.05, 3.63) is 99.3 Å². The minimum atomic E-state index is -2.78. The van der Waals surface area contributed by atoms with Crippen molar-refractivity contribution in [3.8, 4) is 11.5 Å². The number of phenolic OH excluding ortho intramolecular Hbond substituents is 2. The first-order valence-corrected chi connectivity index (χ1v) is 16.3. The van der Waals surface area contributed by atoms with Crippen LogP contribution in [0.1, 0.15) is 29.9 Å². The third-order valence-electron chi connectivity index (χ3n) is 10.2. The Morgan fingerprint density at radius 3 is 2.06 bits per heavy atom. The Labute approximate surface area is 294 Å². The van der Waals surface area contributed by atoms with Gasteiger partial charge in [0, 0.05) is 23.0 Å². The number of amides is 4. The molecule has 6 atom stereocenters. The Morgan fingerprint density at radius 2 is 1.42 bits per heavy atom. The molecule has 2 N–H and O–H groups in total. The van der Waals surface area contributed by atoms with E-state index in [-0.39, 0.29) is 46.2 Å². The van der Waals surface area contributed by atoms with Crippen LogP contribution in [0, 0.1) is 46.8 Å². The average Bonchev–Trinajstić information content (AvgIpc) is 3.41. The van der Waals surface area contributed by atoms with Crippen molar-refractivity contribution in [1.82, 2.24) is 4.90 Å². The van der Waals surface area contributed by atoms with Crippen LogP contribution in [0.4, 0.5) is 27.6 Å². The number of alkyl halides is 2. The first kappa shape index (κ1) is 34.3. The Hall–Kier alpha value is -4.20. The fourth-order valence-corrected chi connectivity index (χ4v) is 8.97. The summed E-state index contributed by atoms with van der Waals surface area (Å²) in [4.78, 5) is 51.5. The molecule has 0 radical (unpaired) electrons. The molecule has 8 nitrogen and oxygen atoms in total. The topological polar surface area (TPSA) is 115 Å². The maximum Gasteiger partial charge on any atom is 0.258 e. The van der Waals surface area contributed by atoms with E-state index in [1.165, 1.54) is 30.3 Å². The van der Waals surface area contributed by atoms with E-state index in [9.17, 15) is 42.6 Å². The van der Waals surface area contributed by atoms with Crippen LogP contribution in [-0.2, 0) is 25.6 Å². The predicted octanol–water partition coefficient (Wildman–Crippen LogP) is 6.25. The lowest BCUT2D eigenvalue weighted by Gasteiger charge is -2.50. The highest BCUT2D eigenvalue weighted by Crippen LogP contribution is 2.66. The second-order valence-electron chi connectivity index (χ2n) is 12.6. The standard InChI is InChI=1S/C34H22Cl3F5N2O6/c35-14-3-8-20(46)18(11-14)22-16-6-7-17-21(30(48)43(29(17)47)10-9-13-1-4-15(45)5-2-13)19(16)12-33(36)31(49)44(32(50)34(22,33)37)28-26(41)24(39)23(38)25(40)27(28)42/h1-6,8,11,17,19,21-22,45-46H,7,9-10,12H2/t17-,19+,21-,22+,33+,34-/m0/s1. The summed E-state index contributed by atoms with van der Waals surface area (Å²) < 4.78 is 73.1. The number of halogens is 8. The minimum Gasteiger partial charge on any atom is -0.508 e. The SMILES string of the molecule is O=C1[C@H]2[C@H](CC=C3[C@H]2C[C@@]2(Cl)C(=O)N(c4c(F)c(F)c(F)c(F)c4F)C(=O)[C@@]2(Cl)[C@H]3c2cc(Cl)ccc2O)C(=O)N1CCc1ccc(O)cc1. The molecule has 2 heterocycles. The monoisotopic (exact) mass is 754 g/mol. The van der Waals surface area contributed by atoms with Crippen LogP contribution in [0.5, 0.6) is 11.5 Å². The van der Waals surface area contributed by atoms with Gasteiger partial charge < -0.3 is 10.2 Å². The number of rotatable bonds is 5. The van der Waals surface area contributed by atoms with Gasteiger partial charge in [0.05, 0.1) is 11.8 Å². The summed E-state index contributed by atoms with van der Waals surface area (Å²) in [5, 5.41) is 20.6. The van der Waals surface area contributed by atoms with E-state index >= 15 is 8.78 Å². The van der Waals surface area contributed by atoms with Gasteiger partial charge in [-0.15, -0.1) is 23.2 Å². The van der Waals surface area contributed by atoms with Gasteiger partial charge >= 0.3 is 0 Å². The van der Waals surface area contributed by atoms with E-state index in [0.717, 1.165) is 11.0 Å². The van der Waals surface area contributed by atoms with E-state index in [1.54, 1.807) is 12.1 Å². The molecule has 3 aromatic rings. The Kier molecular flexibility index (Phi) is 8.00. The molecule has 0 spiro atoms. The predicted molar refractivity (Wildman–Crippen MR) is 168 cm³/mol. The van der Waals surface area contributed by atoms with Gasteiger partial charge in [0.2, 0.25) is 17.6 Å². The van der Waals surface area contributed by atoms with Crippen LogP contribution in [0.3, 0.4) is 0 Å². The lowest BCUT2D eigenvalue weighted by atomic mass is 9.56. The van der Waals surface area contributed by atoms with E-state index < -0.39 is 104 Å². The molecule has 2 aliphatic heterocycles. The van der Waals surface area contributed by atoms with Gasteiger partial charge in [-0.3, -0.25) is 24.1 Å². The van der Waals surface area contributed by atoms with E-state index in [0.29, 0.717) is 5.56 Å². The molecule has 3 aromatic carbocycles. The molecule has 2 saturated heterocycles. The molecule has 260 valence electrons. The van der Waals surface area contributed by atoms with Crippen molar-refractivity contribution >= 4 is 64.1 Å².